The van der Waals surface area contributed by atoms with Crippen molar-refractivity contribution in [3.05, 3.63) is 70.0 Å². The van der Waals surface area contributed by atoms with Crippen molar-refractivity contribution >= 4 is 39.3 Å². The maximum absolute atomic E-state index is 12.1. The number of carbonyl (C=O) groups excluding carboxylic acids is 1. The first-order valence-corrected chi connectivity index (χ1v) is 10.6. The Morgan fingerprint density at radius 3 is 2.90 bits per heavy atom. The molecule has 158 valence electrons. The van der Waals surface area contributed by atoms with Crippen LogP contribution in [0.5, 0.6) is 5.75 Å². The van der Waals surface area contributed by atoms with Gasteiger partial charge in [-0.25, -0.2) is 0 Å². The van der Waals surface area contributed by atoms with E-state index in [2.05, 4.69) is 17.1 Å². The van der Waals surface area contributed by atoms with Crippen LogP contribution in [0.15, 0.2) is 42.5 Å². The van der Waals surface area contributed by atoms with Crippen LogP contribution in [0.3, 0.4) is 0 Å². The Morgan fingerprint density at radius 2 is 2.13 bits per heavy atom. The highest BCUT2D eigenvalue weighted by molar-refractivity contribution is 6.32. The number of aromatic amines is 1. The molecule has 0 saturated heterocycles. The third-order valence-electron chi connectivity index (χ3n) is 5.96. The Kier molecular flexibility index (Phi) is 5.04. The lowest BCUT2D eigenvalue weighted by Gasteiger charge is -2.28. The first-order valence-electron chi connectivity index (χ1n) is 10.2. The van der Waals surface area contributed by atoms with E-state index in [0.29, 0.717) is 36.7 Å². The molecular weight excluding hydrogens is 414 g/mol. The molecule has 0 radical (unpaired) electrons. The summed E-state index contributed by atoms with van der Waals surface area (Å²) in [6, 6.07) is 14.0. The predicted octanol–water partition coefficient (Wildman–Crippen LogP) is 3.85. The fourth-order valence-corrected chi connectivity index (χ4v) is 4.74. The van der Waals surface area contributed by atoms with Crippen LogP contribution in [0.25, 0.3) is 21.8 Å². The smallest absolute Gasteiger partial charge is 0.248 e. The summed E-state index contributed by atoms with van der Waals surface area (Å²) in [7, 11) is 1.60. The summed E-state index contributed by atoms with van der Waals surface area (Å²) in [4.78, 5) is 22.3. The van der Waals surface area contributed by atoms with Crippen molar-refractivity contribution in [3.8, 4) is 5.75 Å². The number of aliphatic hydroxyl groups excluding tert-OH is 1. The third-order valence-corrected chi connectivity index (χ3v) is 6.26. The Bertz CT molecular complexity index is 1310. The van der Waals surface area contributed by atoms with E-state index in [-0.39, 0.29) is 5.91 Å². The van der Waals surface area contributed by atoms with Gasteiger partial charge in [-0.15, -0.1) is 0 Å². The summed E-state index contributed by atoms with van der Waals surface area (Å²) in [5, 5.41) is 12.2. The molecule has 6 nitrogen and oxygen atoms in total. The zero-order valence-corrected chi connectivity index (χ0v) is 17.9. The largest absolute Gasteiger partial charge is 0.495 e. The van der Waals surface area contributed by atoms with Gasteiger partial charge in [-0.1, -0.05) is 35.9 Å². The summed E-state index contributed by atoms with van der Waals surface area (Å²) < 4.78 is 5.27. The molecule has 2 N–H and O–H groups in total. The summed E-state index contributed by atoms with van der Waals surface area (Å²) in [5.41, 5.74) is 6.08. The topological polar surface area (TPSA) is 78.5 Å². The zero-order chi connectivity index (χ0) is 21.5. The van der Waals surface area contributed by atoms with Crippen molar-refractivity contribution in [2.24, 2.45) is 0 Å². The van der Waals surface area contributed by atoms with Crippen molar-refractivity contribution < 1.29 is 14.6 Å². The lowest BCUT2D eigenvalue weighted by molar-refractivity contribution is -0.135. The summed E-state index contributed by atoms with van der Waals surface area (Å²) in [6.07, 6.45) is 1.30. The number of nitrogens with zero attached hydrogens (tertiary/aromatic N) is 2. The van der Waals surface area contributed by atoms with Crippen LogP contribution in [0, 0.1) is 0 Å². The number of carbonyl (C=O) groups is 1. The number of para-hydroxylation sites is 1. The van der Waals surface area contributed by atoms with Gasteiger partial charge in [0.25, 0.3) is 0 Å². The van der Waals surface area contributed by atoms with Crippen LogP contribution >= 0.6 is 11.6 Å². The molecule has 0 bridgehead atoms. The minimum absolute atomic E-state index is 0.269. The number of hydrogen-bond acceptors (Lipinski definition) is 4. The number of benzene rings is 2. The van der Waals surface area contributed by atoms with Gasteiger partial charge in [0.15, 0.2) is 0 Å². The fraction of sp³-hybridized carbons (Fsp3) is 0.250. The number of aromatic nitrogens is 2. The van der Waals surface area contributed by atoms with E-state index in [4.69, 9.17) is 21.3 Å². The fourth-order valence-electron chi connectivity index (χ4n) is 4.46. The van der Waals surface area contributed by atoms with Gasteiger partial charge >= 0.3 is 0 Å². The second-order valence-electron chi connectivity index (χ2n) is 7.77. The highest BCUT2D eigenvalue weighted by Crippen LogP contribution is 2.35. The molecule has 0 fully saturated rings. The zero-order valence-electron chi connectivity index (χ0n) is 17.1. The van der Waals surface area contributed by atoms with Crippen molar-refractivity contribution in [2.75, 3.05) is 20.3 Å². The molecule has 1 amide bonds. The minimum atomic E-state index is -0.484. The number of methoxy groups -OCH3 is 1. The highest BCUT2D eigenvalue weighted by atomic mass is 35.5. The lowest BCUT2D eigenvalue weighted by Crippen LogP contribution is -2.38. The van der Waals surface area contributed by atoms with Gasteiger partial charge < -0.3 is 19.7 Å². The molecule has 0 atom stereocenters. The van der Waals surface area contributed by atoms with Crippen molar-refractivity contribution in [3.63, 3.8) is 0 Å². The number of halogens is 1. The van der Waals surface area contributed by atoms with Gasteiger partial charge in [0.2, 0.25) is 5.91 Å². The highest BCUT2D eigenvalue weighted by Gasteiger charge is 2.26. The average Bonchev–Trinajstić information content (AvgIpc) is 3.18. The summed E-state index contributed by atoms with van der Waals surface area (Å²) >= 11 is 6.34. The van der Waals surface area contributed by atoms with E-state index in [0.717, 1.165) is 33.4 Å². The first kappa shape index (κ1) is 19.8. The number of H-pyrrole nitrogens is 1. The second kappa shape index (κ2) is 7.87. The van der Waals surface area contributed by atoms with Crippen LogP contribution in [0.4, 0.5) is 0 Å². The van der Waals surface area contributed by atoms with Gasteiger partial charge in [-0.3, -0.25) is 9.78 Å². The van der Waals surface area contributed by atoms with Gasteiger partial charge in [-0.05, 0) is 35.7 Å². The van der Waals surface area contributed by atoms with E-state index in [1.807, 2.05) is 30.3 Å². The van der Waals surface area contributed by atoms with Gasteiger partial charge in [0.1, 0.15) is 12.4 Å². The first-order chi connectivity index (χ1) is 15.1. The molecule has 0 spiro atoms. The molecule has 2 aromatic carbocycles. The second-order valence-corrected chi connectivity index (χ2v) is 8.18. The average molecular weight is 436 g/mol. The lowest BCUT2D eigenvalue weighted by atomic mass is 9.96. The number of amides is 1. The van der Waals surface area contributed by atoms with Crippen LogP contribution < -0.4 is 4.74 Å². The van der Waals surface area contributed by atoms with Crippen molar-refractivity contribution in [2.45, 2.75) is 19.4 Å². The van der Waals surface area contributed by atoms with Crippen LogP contribution in [-0.2, 0) is 24.2 Å². The van der Waals surface area contributed by atoms with Crippen molar-refractivity contribution in [1.82, 2.24) is 14.9 Å². The molecule has 3 heterocycles. The summed E-state index contributed by atoms with van der Waals surface area (Å²) in [6.45, 7) is 0.499. The number of hydrogen-bond donors (Lipinski definition) is 2. The van der Waals surface area contributed by atoms with Gasteiger partial charge in [-0.2, -0.15) is 0 Å². The number of pyridine rings is 1. The van der Waals surface area contributed by atoms with E-state index in [9.17, 15) is 9.90 Å². The molecule has 0 aliphatic carbocycles. The van der Waals surface area contributed by atoms with Crippen LogP contribution in [-0.4, -0.2) is 46.1 Å². The number of aliphatic hydroxyl groups is 1. The molecule has 0 saturated carbocycles. The molecule has 0 unspecified atom stereocenters. The molecule has 1 aliphatic heterocycles. The van der Waals surface area contributed by atoms with Crippen molar-refractivity contribution in [1.29, 1.82) is 0 Å². The monoisotopic (exact) mass is 435 g/mol. The molecule has 31 heavy (non-hydrogen) atoms. The number of nitrogens with one attached hydrogen (secondary N) is 1. The van der Waals surface area contributed by atoms with Gasteiger partial charge in [0, 0.05) is 29.3 Å². The quantitative estimate of drug-likeness (QED) is 0.510. The van der Waals surface area contributed by atoms with Gasteiger partial charge in [0.05, 0.1) is 35.6 Å². The maximum atomic E-state index is 12.1. The van der Waals surface area contributed by atoms with E-state index in [1.165, 1.54) is 10.9 Å². The molecule has 4 aromatic rings. The Balaban J connectivity index is 1.67. The van der Waals surface area contributed by atoms with E-state index < -0.39 is 6.61 Å². The maximum Gasteiger partial charge on any atom is 0.248 e. The summed E-state index contributed by atoms with van der Waals surface area (Å²) in [5.74, 6) is 0.368. The Hall–Kier alpha value is -3.09. The Labute approximate surface area is 184 Å². The van der Waals surface area contributed by atoms with Crippen LogP contribution in [0.1, 0.15) is 22.5 Å². The normalized spacial score (nSPS) is 13.6. The standard InChI is InChI=1S/C24H22ClN3O3/c1-31-21-7-6-14(10-17(21)25)11-19-24-23(15-4-2-3-5-18(15)27-24)16-8-9-28(22(30)13-29)12-20(16)26-19/h2-7,10,27,29H,8-9,11-13H2,1H3. The molecule has 7 heteroatoms. The third kappa shape index (κ3) is 3.42. The number of rotatable bonds is 4. The Morgan fingerprint density at radius 1 is 1.29 bits per heavy atom. The minimum Gasteiger partial charge on any atom is -0.495 e. The van der Waals surface area contributed by atoms with Crippen LogP contribution in [0.2, 0.25) is 5.02 Å². The molecule has 5 rings (SSSR count). The predicted molar refractivity (Wildman–Crippen MR) is 121 cm³/mol. The van der Waals surface area contributed by atoms with E-state index >= 15 is 0 Å². The number of fused-ring (bicyclic) bond motifs is 5. The molecule has 2 aromatic heterocycles. The molecule has 1 aliphatic rings. The SMILES string of the molecule is COc1ccc(Cc2nc3c(c4c2[nH]c2ccccc24)CCN(C(=O)CO)C3)cc1Cl. The van der Waals surface area contributed by atoms with E-state index in [1.54, 1.807) is 12.0 Å². The number of ether oxygens (including phenoxy) is 1. The molecular formula is C24H22ClN3O3.